The zero-order valence-corrected chi connectivity index (χ0v) is 16.0. The maximum Gasteiger partial charge on any atom is 0.262 e. The predicted molar refractivity (Wildman–Crippen MR) is 110 cm³/mol. The van der Waals surface area contributed by atoms with Crippen molar-refractivity contribution in [3.8, 4) is 17.4 Å². The molecule has 2 aromatic heterocycles. The molecule has 0 radical (unpaired) electrons. The summed E-state index contributed by atoms with van der Waals surface area (Å²) in [6, 6.07) is 16.1. The Morgan fingerprint density at radius 1 is 1.11 bits per heavy atom. The molecule has 0 unspecified atom stereocenters. The summed E-state index contributed by atoms with van der Waals surface area (Å²) in [5.74, 6) is 1.14. The van der Waals surface area contributed by atoms with Crippen LogP contribution in [0.5, 0.6) is 17.4 Å². The Kier molecular flexibility index (Phi) is 5.36. The van der Waals surface area contributed by atoms with Gasteiger partial charge in [-0.3, -0.25) is 4.79 Å². The Morgan fingerprint density at radius 2 is 1.96 bits per heavy atom. The lowest BCUT2D eigenvalue weighted by Gasteiger charge is -2.13. The summed E-state index contributed by atoms with van der Waals surface area (Å²) in [7, 11) is 0. The average molecular weight is 412 g/mol. The van der Waals surface area contributed by atoms with E-state index >= 15 is 0 Å². The minimum absolute atomic E-state index is 0.209. The molecule has 1 amide bonds. The number of nitrogens with one attached hydrogen (secondary N) is 1. The molecule has 28 heavy (non-hydrogen) atoms. The topological polar surface area (TPSA) is 73.3 Å². The number of hydrogen-bond acceptors (Lipinski definition) is 6. The van der Waals surface area contributed by atoms with Gasteiger partial charge in [-0.05, 0) is 41.8 Å². The van der Waals surface area contributed by atoms with E-state index in [0.717, 1.165) is 10.2 Å². The molecule has 0 aliphatic heterocycles. The van der Waals surface area contributed by atoms with E-state index < -0.39 is 0 Å². The molecule has 0 saturated carbocycles. The van der Waals surface area contributed by atoms with Crippen molar-refractivity contribution in [1.29, 1.82) is 0 Å². The lowest BCUT2D eigenvalue weighted by atomic mass is 10.2. The number of anilines is 1. The van der Waals surface area contributed by atoms with Crippen molar-refractivity contribution in [2.75, 3.05) is 11.9 Å². The zero-order chi connectivity index (χ0) is 19.3. The normalized spacial score (nSPS) is 10.6. The van der Waals surface area contributed by atoms with Crippen LogP contribution in [-0.4, -0.2) is 22.5 Å². The third-order valence-electron chi connectivity index (χ3n) is 3.75. The third kappa shape index (κ3) is 4.21. The van der Waals surface area contributed by atoms with Gasteiger partial charge in [-0.25, -0.2) is 9.97 Å². The summed E-state index contributed by atoms with van der Waals surface area (Å²) >= 11 is 7.56. The first kappa shape index (κ1) is 18.2. The number of carbonyl (C=O) groups is 1. The van der Waals surface area contributed by atoms with Crippen LogP contribution in [0.1, 0.15) is 0 Å². The lowest BCUT2D eigenvalue weighted by Crippen LogP contribution is -2.20. The Labute approximate surface area is 169 Å². The van der Waals surface area contributed by atoms with Gasteiger partial charge in [0, 0.05) is 5.02 Å². The first-order chi connectivity index (χ1) is 13.7. The van der Waals surface area contributed by atoms with Crippen molar-refractivity contribution in [3.05, 3.63) is 71.3 Å². The monoisotopic (exact) mass is 411 g/mol. The molecule has 0 spiro atoms. The molecule has 0 bridgehead atoms. The minimum Gasteiger partial charge on any atom is -0.467 e. The fraction of sp³-hybridized carbons (Fsp3) is 0.0500. The molecule has 0 saturated heterocycles. The number of para-hydroxylation sites is 1. The SMILES string of the molecule is O=C(COc1ncnc2sccc12)Nc1cc(Cl)ccc1Oc1ccccc1. The molecular formula is C20H14ClN3O3S. The number of thiophene rings is 1. The van der Waals surface area contributed by atoms with Crippen LogP contribution in [0, 0.1) is 0 Å². The number of rotatable bonds is 6. The van der Waals surface area contributed by atoms with Gasteiger partial charge in [0.25, 0.3) is 5.91 Å². The zero-order valence-electron chi connectivity index (χ0n) is 14.5. The molecule has 2 heterocycles. The average Bonchev–Trinajstić information content (AvgIpc) is 3.19. The Morgan fingerprint density at radius 3 is 2.82 bits per heavy atom. The van der Waals surface area contributed by atoms with E-state index in [0.29, 0.717) is 28.1 Å². The van der Waals surface area contributed by atoms with Crippen molar-refractivity contribution in [2.45, 2.75) is 0 Å². The van der Waals surface area contributed by atoms with Crippen molar-refractivity contribution in [2.24, 2.45) is 0 Å². The molecule has 0 aliphatic rings. The summed E-state index contributed by atoms with van der Waals surface area (Å²) in [4.78, 5) is 21.5. The van der Waals surface area contributed by atoms with E-state index in [1.165, 1.54) is 17.7 Å². The second-order valence-corrected chi connectivity index (χ2v) is 7.04. The van der Waals surface area contributed by atoms with Crippen LogP contribution in [0.2, 0.25) is 5.02 Å². The summed E-state index contributed by atoms with van der Waals surface area (Å²) in [6.07, 6.45) is 1.41. The first-order valence-electron chi connectivity index (χ1n) is 8.32. The molecule has 4 aromatic rings. The molecule has 8 heteroatoms. The maximum atomic E-state index is 12.4. The molecule has 0 fully saturated rings. The van der Waals surface area contributed by atoms with Crippen molar-refractivity contribution < 1.29 is 14.3 Å². The molecule has 2 aromatic carbocycles. The Bertz CT molecular complexity index is 1120. The van der Waals surface area contributed by atoms with Crippen LogP contribution in [0.3, 0.4) is 0 Å². The highest BCUT2D eigenvalue weighted by Crippen LogP contribution is 2.32. The highest BCUT2D eigenvalue weighted by Gasteiger charge is 2.12. The number of benzene rings is 2. The van der Waals surface area contributed by atoms with Gasteiger partial charge < -0.3 is 14.8 Å². The molecule has 0 atom stereocenters. The summed E-state index contributed by atoms with van der Waals surface area (Å²) in [5, 5.41) is 5.92. The van der Waals surface area contributed by atoms with Crippen LogP contribution in [0.4, 0.5) is 5.69 Å². The second-order valence-electron chi connectivity index (χ2n) is 5.71. The van der Waals surface area contributed by atoms with E-state index in [2.05, 4.69) is 15.3 Å². The van der Waals surface area contributed by atoms with E-state index in [4.69, 9.17) is 21.1 Å². The number of aromatic nitrogens is 2. The number of halogens is 1. The van der Waals surface area contributed by atoms with Crippen LogP contribution < -0.4 is 14.8 Å². The van der Waals surface area contributed by atoms with Crippen LogP contribution in [0.15, 0.2) is 66.3 Å². The summed E-state index contributed by atoms with van der Waals surface area (Å²) in [6.45, 7) is -0.209. The van der Waals surface area contributed by atoms with Crippen LogP contribution >= 0.6 is 22.9 Å². The standard InChI is InChI=1S/C20H14ClN3O3S/c21-13-6-7-17(27-14-4-2-1-3-5-14)16(10-13)24-18(25)11-26-19-15-8-9-28-20(15)23-12-22-19/h1-10,12H,11H2,(H,24,25). The summed E-state index contributed by atoms with van der Waals surface area (Å²) < 4.78 is 11.4. The maximum absolute atomic E-state index is 12.4. The van der Waals surface area contributed by atoms with Gasteiger partial charge in [0.1, 0.15) is 16.9 Å². The quantitative estimate of drug-likeness (QED) is 0.474. The number of fused-ring (bicyclic) bond motifs is 1. The van der Waals surface area contributed by atoms with Gasteiger partial charge >= 0.3 is 0 Å². The highest BCUT2D eigenvalue weighted by atomic mass is 35.5. The van der Waals surface area contributed by atoms with Gasteiger partial charge in [-0.2, -0.15) is 0 Å². The van der Waals surface area contributed by atoms with Crippen LogP contribution in [0.25, 0.3) is 10.2 Å². The second kappa shape index (κ2) is 8.24. The smallest absolute Gasteiger partial charge is 0.262 e. The Balaban J connectivity index is 1.46. The van der Waals surface area contributed by atoms with Crippen molar-refractivity contribution in [1.82, 2.24) is 9.97 Å². The molecular weight excluding hydrogens is 398 g/mol. The number of amides is 1. The number of carbonyl (C=O) groups excluding carboxylic acids is 1. The van der Waals surface area contributed by atoms with E-state index in [9.17, 15) is 4.79 Å². The fourth-order valence-corrected chi connectivity index (χ4v) is 3.40. The molecule has 1 N–H and O–H groups in total. The fourth-order valence-electron chi connectivity index (χ4n) is 2.51. The van der Waals surface area contributed by atoms with Crippen molar-refractivity contribution in [3.63, 3.8) is 0 Å². The lowest BCUT2D eigenvalue weighted by molar-refractivity contribution is -0.118. The van der Waals surface area contributed by atoms with E-state index in [-0.39, 0.29) is 12.5 Å². The Hall–Kier alpha value is -3.16. The highest BCUT2D eigenvalue weighted by molar-refractivity contribution is 7.16. The number of ether oxygens (including phenoxy) is 2. The molecule has 0 aliphatic carbocycles. The third-order valence-corrected chi connectivity index (χ3v) is 4.81. The molecule has 6 nitrogen and oxygen atoms in total. The van der Waals surface area contributed by atoms with Crippen LogP contribution in [-0.2, 0) is 4.79 Å². The van der Waals surface area contributed by atoms with Gasteiger partial charge in [0.15, 0.2) is 12.4 Å². The van der Waals surface area contributed by atoms with Gasteiger partial charge in [-0.15, -0.1) is 11.3 Å². The number of hydrogen-bond donors (Lipinski definition) is 1. The molecule has 4 rings (SSSR count). The molecule has 140 valence electrons. The van der Waals surface area contributed by atoms with Gasteiger partial charge in [0.2, 0.25) is 5.88 Å². The van der Waals surface area contributed by atoms with Crippen molar-refractivity contribution >= 4 is 44.7 Å². The number of nitrogens with zero attached hydrogens (tertiary/aromatic N) is 2. The largest absolute Gasteiger partial charge is 0.467 e. The first-order valence-corrected chi connectivity index (χ1v) is 9.58. The van der Waals surface area contributed by atoms with Gasteiger partial charge in [0.05, 0.1) is 11.1 Å². The van der Waals surface area contributed by atoms with E-state index in [1.807, 2.05) is 41.8 Å². The van der Waals surface area contributed by atoms with Gasteiger partial charge in [-0.1, -0.05) is 29.8 Å². The predicted octanol–water partition coefficient (Wildman–Crippen LogP) is 5.15. The summed E-state index contributed by atoms with van der Waals surface area (Å²) in [5.41, 5.74) is 0.452. The van der Waals surface area contributed by atoms with E-state index in [1.54, 1.807) is 18.2 Å². The minimum atomic E-state index is -0.359.